The van der Waals surface area contributed by atoms with Crippen LogP contribution in [0.2, 0.25) is 0 Å². The highest BCUT2D eigenvalue weighted by Crippen LogP contribution is 2.39. The summed E-state index contributed by atoms with van der Waals surface area (Å²) in [6.07, 6.45) is 1.35. The van der Waals surface area contributed by atoms with Crippen molar-refractivity contribution in [3.05, 3.63) is 57.0 Å². The lowest BCUT2D eigenvalue weighted by Crippen LogP contribution is -2.54. The number of hydrogen-bond acceptors (Lipinski definition) is 8. The molecule has 0 bridgehead atoms. The standard InChI is InChI=1S/C21H26N4O7/c1-4-29-16-6-5-12(9-22-16)19(27)23-10-14-18-17(31-21(2,3)32-18)13(11-30-14)25-8-7-15(26)24-20(25)28/h5-9,13-14,17-18H,4,10-11H2,1-3H3,(H,23,27)(H,24,26,28)/t13-,14-,17+,18-/m1/s1. The van der Waals surface area contributed by atoms with Crippen LogP contribution in [-0.2, 0) is 14.2 Å². The fourth-order valence-corrected chi connectivity index (χ4v) is 3.96. The van der Waals surface area contributed by atoms with Crippen molar-refractivity contribution in [2.75, 3.05) is 19.8 Å². The number of fused-ring (bicyclic) bond motifs is 1. The second kappa shape index (κ2) is 8.85. The van der Waals surface area contributed by atoms with E-state index in [0.29, 0.717) is 18.1 Å². The SMILES string of the molecule is CCOc1ccc(C(=O)NC[C@H]2OC[C@@H](n3ccc(=O)[nH]c3=O)[C@@H]3OC(C)(C)O[C@@H]32)cn1. The summed E-state index contributed by atoms with van der Waals surface area (Å²) in [6, 6.07) is 4.05. The van der Waals surface area contributed by atoms with Gasteiger partial charge in [0.2, 0.25) is 5.88 Å². The molecule has 4 heterocycles. The summed E-state index contributed by atoms with van der Waals surface area (Å²) in [4.78, 5) is 42.6. The van der Waals surface area contributed by atoms with E-state index in [4.69, 9.17) is 18.9 Å². The third-order valence-corrected chi connectivity index (χ3v) is 5.35. The molecule has 4 atom stereocenters. The molecule has 0 spiro atoms. The van der Waals surface area contributed by atoms with Gasteiger partial charge in [-0.1, -0.05) is 0 Å². The van der Waals surface area contributed by atoms with Gasteiger partial charge in [-0.25, -0.2) is 9.78 Å². The molecule has 11 nitrogen and oxygen atoms in total. The van der Waals surface area contributed by atoms with Crippen LogP contribution >= 0.6 is 0 Å². The van der Waals surface area contributed by atoms with Gasteiger partial charge in [0.05, 0.1) is 24.8 Å². The lowest BCUT2D eigenvalue weighted by Gasteiger charge is -2.37. The fraction of sp³-hybridized carbons (Fsp3) is 0.524. The zero-order valence-corrected chi connectivity index (χ0v) is 18.1. The minimum atomic E-state index is -0.894. The van der Waals surface area contributed by atoms with Crippen LogP contribution in [-0.4, -0.2) is 64.3 Å². The first-order valence-corrected chi connectivity index (χ1v) is 10.4. The summed E-state index contributed by atoms with van der Waals surface area (Å²) >= 11 is 0. The highest BCUT2D eigenvalue weighted by molar-refractivity contribution is 5.93. The van der Waals surface area contributed by atoms with Gasteiger partial charge in [0.25, 0.3) is 11.5 Å². The molecule has 4 rings (SSSR count). The molecule has 2 aromatic rings. The predicted molar refractivity (Wildman–Crippen MR) is 112 cm³/mol. The minimum absolute atomic E-state index is 0.150. The topological polar surface area (TPSA) is 134 Å². The van der Waals surface area contributed by atoms with E-state index in [2.05, 4.69) is 15.3 Å². The van der Waals surface area contributed by atoms with Gasteiger partial charge < -0.3 is 24.3 Å². The van der Waals surface area contributed by atoms with E-state index in [1.54, 1.807) is 26.0 Å². The Balaban J connectivity index is 1.46. The Bertz CT molecular complexity index is 1080. The Labute approximate surface area is 183 Å². The largest absolute Gasteiger partial charge is 0.478 e. The van der Waals surface area contributed by atoms with Gasteiger partial charge in [-0.05, 0) is 26.8 Å². The summed E-state index contributed by atoms with van der Waals surface area (Å²) in [5, 5.41) is 2.84. The lowest BCUT2D eigenvalue weighted by molar-refractivity contribution is -0.153. The van der Waals surface area contributed by atoms with Crippen LogP contribution < -0.4 is 21.3 Å². The molecule has 11 heteroatoms. The third-order valence-electron chi connectivity index (χ3n) is 5.35. The number of nitrogens with one attached hydrogen (secondary N) is 2. The number of carbonyl (C=O) groups excluding carboxylic acids is 1. The summed E-state index contributed by atoms with van der Waals surface area (Å²) < 4.78 is 24.8. The maximum Gasteiger partial charge on any atom is 0.328 e. The number of nitrogens with zero attached hydrogens (tertiary/aromatic N) is 2. The maximum atomic E-state index is 12.5. The van der Waals surface area contributed by atoms with Crippen molar-refractivity contribution < 1.29 is 23.7 Å². The van der Waals surface area contributed by atoms with Crippen molar-refractivity contribution in [2.24, 2.45) is 0 Å². The molecule has 172 valence electrons. The van der Waals surface area contributed by atoms with Crippen LogP contribution in [0.15, 0.2) is 40.2 Å². The molecule has 2 N–H and O–H groups in total. The molecule has 0 saturated carbocycles. The van der Waals surface area contributed by atoms with Gasteiger partial charge >= 0.3 is 5.69 Å². The highest BCUT2D eigenvalue weighted by Gasteiger charge is 2.52. The molecule has 2 aliphatic heterocycles. The molecule has 2 fully saturated rings. The molecule has 2 aliphatic rings. The molecule has 0 aliphatic carbocycles. The summed E-state index contributed by atoms with van der Waals surface area (Å²) in [5.74, 6) is -0.753. The number of hydrogen-bond donors (Lipinski definition) is 2. The van der Waals surface area contributed by atoms with E-state index >= 15 is 0 Å². The minimum Gasteiger partial charge on any atom is -0.478 e. The van der Waals surface area contributed by atoms with Gasteiger partial charge in [0, 0.05) is 31.1 Å². The van der Waals surface area contributed by atoms with Crippen molar-refractivity contribution in [1.82, 2.24) is 19.9 Å². The van der Waals surface area contributed by atoms with Crippen molar-refractivity contribution in [2.45, 2.75) is 50.9 Å². The van der Waals surface area contributed by atoms with Crippen LogP contribution in [0, 0.1) is 0 Å². The van der Waals surface area contributed by atoms with E-state index in [-0.39, 0.29) is 19.1 Å². The molecule has 2 aromatic heterocycles. The van der Waals surface area contributed by atoms with Crippen LogP contribution in [0.5, 0.6) is 5.88 Å². The van der Waals surface area contributed by atoms with Gasteiger partial charge in [-0.2, -0.15) is 0 Å². The van der Waals surface area contributed by atoms with Gasteiger partial charge in [0.15, 0.2) is 5.79 Å². The lowest BCUT2D eigenvalue weighted by atomic mass is 9.97. The number of ether oxygens (including phenoxy) is 4. The molecular weight excluding hydrogens is 420 g/mol. The Morgan fingerprint density at radius 3 is 2.75 bits per heavy atom. The number of carbonyl (C=O) groups is 1. The van der Waals surface area contributed by atoms with E-state index < -0.39 is 41.4 Å². The fourth-order valence-electron chi connectivity index (χ4n) is 3.96. The van der Waals surface area contributed by atoms with Crippen molar-refractivity contribution in [1.29, 1.82) is 0 Å². The Hall–Kier alpha value is -3.02. The Kier molecular flexibility index (Phi) is 6.13. The van der Waals surface area contributed by atoms with Crippen LogP contribution in [0.3, 0.4) is 0 Å². The van der Waals surface area contributed by atoms with Crippen LogP contribution in [0.4, 0.5) is 0 Å². The molecule has 32 heavy (non-hydrogen) atoms. The summed E-state index contributed by atoms with van der Waals surface area (Å²) in [7, 11) is 0. The summed E-state index contributed by atoms with van der Waals surface area (Å²) in [5.41, 5.74) is -0.636. The zero-order chi connectivity index (χ0) is 22.9. The first-order chi connectivity index (χ1) is 15.3. The molecule has 2 saturated heterocycles. The Morgan fingerprint density at radius 1 is 1.28 bits per heavy atom. The number of rotatable bonds is 6. The number of aromatic nitrogens is 3. The zero-order valence-electron chi connectivity index (χ0n) is 18.1. The second-order valence-corrected chi connectivity index (χ2v) is 8.05. The summed E-state index contributed by atoms with van der Waals surface area (Å²) in [6.45, 7) is 6.23. The first-order valence-electron chi connectivity index (χ1n) is 10.4. The molecule has 0 unspecified atom stereocenters. The first kappa shape index (κ1) is 22.2. The normalized spacial score (nSPS) is 26.3. The number of pyridine rings is 1. The Morgan fingerprint density at radius 2 is 2.06 bits per heavy atom. The van der Waals surface area contributed by atoms with E-state index in [0.717, 1.165) is 0 Å². The monoisotopic (exact) mass is 446 g/mol. The van der Waals surface area contributed by atoms with Crippen molar-refractivity contribution in [3.63, 3.8) is 0 Å². The van der Waals surface area contributed by atoms with Crippen LogP contribution in [0.25, 0.3) is 0 Å². The van der Waals surface area contributed by atoms with E-state index in [9.17, 15) is 14.4 Å². The van der Waals surface area contributed by atoms with Crippen molar-refractivity contribution >= 4 is 5.91 Å². The third kappa shape index (κ3) is 4.59. The van der Waals surface area contributed by atoms with Gasteiger partial charge in [-0.3, -0.25) is 19.1 Å². The smallest absolute Gasteiger partial charge is 0.328 e. The number of H-pyrrole nitrogens is 1. The van der Waals surface area contributed by atoms with E-state index in [1.165, 1.54) is 23.0 Å². The van der Waals surface area contributed by atoms with E-state index in [1.807, 2.05) is 6.92 Å². The molecule has 0 radical (unpaired) electrons. The molecular formula is C21H26N4O7. The quantitative estimate of drug-likeness (QED) is 0.644. The number of aromatic amines is 1. The second-order valence-electron chi connectivity index (χ2n) is 8.05. The number of amides is 1. The maximum absolute atomic E-state index is 12.5. The van der Waals surface area contributed by atoms with Gasteiger partial charge in [-0.15, -0.1) is 0 Å². The average molecular weight is 446 g/mol. The van der Waals surface area contributed by atoms with Crippen molar-refractivity contribution in [3.8, 4) is 5.88 Å². The highest BCUT2D eigenvalue weighted by atomic mass is 16.8. The average Bonchev–Trinajstić information content (AvgIpc) is 3.08. The predicted octanol–water partition coefficient (Wildman–Crippen LogP) is 0.220. The molecule has 0 aromatic carbocycles. The molecule has 1 amide bonds. The van der Waals surface area contributed by atoms with Gasteiger partial charge in [0.1, 0.15) is 18.3 Å². The van der Waals surface area contributed by atoms with Crippen LogP contribution in [0.1, 0.15) is 37.2 Å².